The number of para-hydroxylation sites is 1. The first kappa shape index (κ1) is 15.8. The van der Waals surface area contributed by atoms with Crippen molar-refractivity contribution in [2.75, 3.05) is 23.3 Å². The van der Waals surface area contributed by atoms with Gasteiger partial charge >= 0.3 is 0 Å². The molecule has 120 valence electrons. The van der Waals surface area contributed by atoms with Crippen LogP contribution in [-0.4, -0.2) is 24.0 Å². The Labute approximate surface area is 140 Å². The van der Waals surface area contributed by atoms with Crippen molar-refractivity contribution in [2.24, 2.45) is 11.1 Å². The van der Waals surface area contributed by atoms with E-state index >= 15 is 0 Å². The number of amides is 1. The van der Waals surface area contributed by atoms with Crippen LogP contribution >= 0.6 is 11.9 Å². The van der Waals surface area contributed by atoms with Crippen LogP contribution in [0.5, 0.6) is 0 Å². The topological polar surface area (TPSA) is 71.2 Å². The Morgan fingerprint density at radius 2 is 1.96 bits per heavy atom. The smallest absolute Gasteiger partial charge is 0.227 e. The van der Waals surface area contributed by atoms with Crippen LogP contribution in [0.2, 0.25) is 0 Å². The third-order valence-corrected chi connectivity index (χ3v) is 4.57. The standard InChI is InChI=1S/C17H20N4OS/c18-23-16-12-14(6-9-19-16)20-17(22)13-7-10-21(11-8-13)15-4-2-1-3-5-15/h1-6,9,12-13H,7-8,10-11,18H2,(H,19,20,22). The molecule has 0 spiro atoms. The summed E-state index contributed by atoms with van der Waals surface area (Å²) in [6.45, 7) is 1.81. The molecule has 0 atom stereocenters. The highest BCUT2D eigenvalue weighted by Crippen LogP contribution is 2.24. The largest absolute Gasteiger partial charge is 0.371 e. The maximum Gasteiger partial charge on any atom is 0.227 e. The van der Waals surface area contributed by atoms with Gasteiger partial charge in [0.15, 0.2) is 0 Å². The zero-order valence-electron chi connectivity index (χ0n) is 12.8. The molecule has 3 N–H and O–H groups in total. The van der Waals surface area contributed by atoms with Crippen molar-refractivity contribution >= 4 is 29.2 Å². The van der Waals surface area contributed by atoms with Crippen molar-refractivity contribution < 1.29 is 4.79 Å². The van der Waals surface area contributed by atoms with Crippen LogP contribution in [0, 0.1) is 5.92 Å². The molecule has 1 aliphatic heterocycles. The van der Waals surface area contributed by atoms with Crippen molar-refractivity contribution in [3.05, 3.63) is 48.7 Å². The maximum absolute atomic E-state index is 12.4. The van der Waals surface area contributed by atoms with E-state index in [0.717, 1.165) is 43.6 Å². The van der Waals surface area contributed by atoms with Gasteiger partial charge in [-0.3, -0.25) is 9.93 Å². The van der Waals surface area contributed by atoms with Crippen molar-refractivity contribution in [3.8, 4) is 0 Å². The number of benzene rings is 1. The minimum absolute atomic E-state index is 0.0529. The van der Waals surface area contributed by atoms with Crippen LogP contribution < -0.4 is 15.4 Å². The molecule has 1 saturated heterocycles. The lowest BCUT2D eigenvalue weighted by Crippen LogP contribution is -2.38. The molecule has 2 aromatic rings. The molecule has 1 aromatic carbocycles. The summed E-state index contributed by atoms with van der Waals surface area (Å²) in [6, 6.07) is 13.9. The van der Waals surface area contributed by atoms with Crippen LogP contribution in [-0.2, 0) is 4.79 Å². The highest BCUT2D eigenvalue weighted by molar-refractivity contribution is 7.97. The molecule has 0 saturated carbocycles. The van der Waals surface area contributed by atoms with Gasteiger partial charge in [-0.2, -0.15) is 0 Å². The number of nitrogens with one attached hydrogen (secondary N) is 1. The third kappa shape index (κ3) is 4.03. The van der Waals surface area contributed by atoms with Crippen molar-refractivity contribution in [2.45, 2.75) is 17.9 Å². The van der Waals surface area contributed by atoms with Crippen LogP contribution in [0.15, 0.2) is 53.7 Å². The number of pyridine rings is 1. The molecule has 0 bridgehead atoms. The second-order valence-electron chi connectivity index (χ2n) is 5.59. The van der Waals surface area contributed by atoms with E-state index in [1.54, 1.807) is 18.3 Å². The summed E-state index contributed by atoms with van der Waals surface area (Å²) in [5.41, 5.74) is 1.98. The Balaban J connectivity index is 1.56. The highest BCUT2D eigenvalue weighted by Gasteiger charge is 2.25. The normalized spacial score (nSPS) is 15.4. The summed E-state index contributed by atoms with van der Waals surface area (Å²) in [5, 5.41) is 9.17. The first-order chi connectivity index (χ1) is 11.3. The van der Waals surface area contributed by atoms with Crippen LogP contribution in [0.3, 0.4) is 0 Å². The van der Waals surface area contributed by atoms with Crippen molar-refractivity contribution in [3.63, 3.8) is 0 Å². The number of nitrogens with two attached hydrogens (primary N) is 1. The minimum atomic E-state index is 0.0529. The number of anilines is 2. The summed E-state index contributed by atoms with van der Waals surface area (Å²) in [5.74, 6) is 0.133. The average molecular weight is 328 g/mol. The summed E-state index contributed by atoms with van der Waals surface area (Å²) in [4.78, 5) is 18.9. The molecule has 1 fully saturated rings. The molecule has 23 heavy (non-hydrogen) atoms. The fraction of sp³-hybridized carbons (Fsp3) is 0.294. The van der Waals surface area contributed by atoms with E-state index in [-0.39, 0.29) is 11.8 Å². The lowest BCUT2D eigenvalue weighted by Gasteiger charge is -2.33. The van der Waals surface area contributed by atoms with Crippen LogP contribution in [0.4, 0.5) is 11.4 Å². The first-order valence-electron chi connectivity index (χ1n) is 7.70. The van der Waals surface area contributed by atoms with E-state index in [4.69, 9.17) is 5.14 Å². The Hall–Kier alpha value is -2.05. The molecular weight excluding hydrogens is 308 g/mol. The second kappa shape index (κ2) is 7.48. The van der Waals surface area contributed by atoms with Gasteiger partial charge in [0.2, 0.25) is 5.91 Å². The lowest BCUT2D eigenvalue weighted by atomic mass is 9.95. The molecule has 1 aromatic heterocycles. The minimum Gasteiger partial charge on any atom is -0.371 e. The third-order valence-electron chi connectivity index (χ3n) is 4.11. The van der Waals surface area contributed by atoms with E-state index in [0.29, 0.717) is 5.03 Å². The molecule has 5 nitrogen and oxygen atoms in total. The monoisotopic (exact) mass is 328 g/mol. The number of rotatable bonds is 4. The zero-order valence-corrected chi connectivity index (χ0v) is 13.6. The quantitative estimate of drug-likeness (QED) is 0.845. The molecule has 0 unspecified atom stereocenters. The predicted octanol–water partition coefficient (Wildman–Crippen LogP) is 2.90. The Morgan fingerprint density at radius 1 is 1.22 bits per heavy atom. The Kier molecular flexibility index (Phi) is 5.15. The van der Waals surface area contributed by atoms with Crippen LogP contribution in [0.25, 0.3) is 0 Å². The number of carbonyl (C=O) groups excluding carboxylic acids is 1. The second-order valence-corrected chi connectivity index (χ2v) is 6.24. The predicted molar refractivity (Wildman–Crippen MR) is 94.3 cm³/mol. The van der Waals surface area contributed by atoms with Crippen LogP contribution in [0.1, 0.15) is 12.8 Å². The highest BCUT2D eigenvalue weighted by atomic mass is 32.2. The lowest BCUT2D eigenvalue weighted by molar-refractivity contribution is -0.120. The van der Waals surface area contributed by atoms with Crippen molar-refractivity contribution in [1.82, 2.24) is 4.98 Å². The van der Waals surface area contributed by atoms with Gasteiger partial charge in [-0.1, -0.05) is 18.2 Å². The van der Waals surface area contributed by atoms with E-state index in [1.807, 2.05) is 18.2 Å². The van der Waals surface area contributed by atoms with Gasteiger partial charge in [0, 0.05) is 36.6 Å². The number of hydrogen-bond donors (Lipinski definition) is 2. The summed E-state index contributed by atoms with van der Waals surface area (Å²) in [7, 11) is 0. The van der Waals surface area contributed by atoms with Gasteiger partial charge < -0.3 is 10.2 Å². The molecule has 2 heterocycles. The number of nitrogens with zero attached hydrogens (tertiary/aromatic N) is 2. The van der Waals surface area contributed by atoms with E-state index < -0.39 is 0 Å². The molecular formula is C17H20N4OS. The maximum atomic E-state index is 12.4. The SMILES string of the molecule is NSc1cc(NC(=O)C2CCN(c3ccccc3)CC2)ccn1. The fourth-order valence-corrected chi connectivity index (χ4v) is 3.15. The molecule has 0 radical (unpaired) electrons. The first-order valence-corrected chi connectivity index (χ1v) is 8.58. The molecule has 3 rings (SSSR count). The molecule has 1 amide bonds. The molecule has 6 heteroatoms. The number of hydrogen-bond acceptors (Lipinski definition) is 5. The van der Waals surface area contributed by atoms with Gasteiger partial charge in [-0.15, -0.1) is 0 Å². The van der Waals surface area contributed by atoms with Gasteiger partial charge in [-0.05, 0) is 49.1 Å². The van der Waals surface area contributed by atoms with Gasteiger partial charge in [0.1, 0.15) is 5.03 Å². The van der Waals surface area contributed by atoms with Gasteiger partial charge in [0.25, 0.3) is 0 Å². The Bertz CT molecular complexity index is 657. The average Bonchev–Trinajstić information content (AvgIpc) is 2.63. The number of carbonyl (C=O) groups is 1. The van der Waals surface area contributed by atoms with E-state index in [1.165, 1.54) is 5.69 Å². The molecule has 1 aliphatic rings. The summed E-state index contributed by atoms with van der Waals surface area (Å²) in [6.07, 6.45) is 3.39. The number of aromatic nitrogens is 1. The van der Waals surface area contributed by atoms with E-state index in [9.17, 15) is 4.79 Å². The fourth-order valence-electron chi connectivity index (χ4n) is 2.83. The summed E-state index contributed by atoms with van der Waals surface area (Å²) >= 11 is 1.07. The zero-order chi connectivity index (χ0) is 16.1. The summed E-state index contributed by atoms with van der Waals surface area (Å²) < 4.78 is 0. The van der Waals surface area contributed by atoms with Gasteiger partial charge in [0.05, 0.1) is 0 Å². The van der Waals surface area contributed by atoms with E-state index in [2.05, 4.69) is 27.3 Å². The van der Waals surface area contributed by atoms with Gasteiger partial charge in [-0.25, -0.2) is 4.98 Å². The Morgan fingerprint density at radius 3 is 2.65 bits per heavy atom. The number of piperidine rings is 1. The molecule has 0 aliphatic carbocycles. The van der Waals surface area contributed by atoms with Crippen molar-refractivity contribution in [1.29, 1.82) is 0 Å².